The van der Waals surface area contributed by atoms with E-state index in [0.29, 0.717) is 28.3 Å². The molecule has 7 nitrogen and oxygen atoms in total. The highest BCUT2D eigenvalue weighted by Gasteiger charge is 2.24. The van der Waals surface area contributed by atoms with Crippen LogP contribution in [0.5, 0.6) is 0 Å². The van der Waals surface area contributed by atoms with Crippen LogP contribution in [0.4, 0.5) is 0 Å². The SMILES string of the molecule is Cc1[nH]c(C(=O)OCc2csc(-c3ccco3)n2)c(C)c1C(=O)OC(C)C. The summed E-state index contributed by atoms with van der Waals surface area (Å²) >= 11 is 1.41. The number of ether oxygens (including phenoxy) is 2. The number of nitrogens with zero attached hydrogens (tertiary/aromatic N) is 1. The highest BCUT2D eigenvalue weighted by molar-refractivity contribution is 7.13. The molecule has 0 aromatic carbocycles. The second-order valence-corrected chi connectivity index (χ2v) is 7.13. The molecule has 1 N–H and O–H groups in total. The van der Waals surface area contributed by atoms with E-state index in [4.69, 9.17) is 13.9 Å². The fraction of sp³-hybridized carbons (Fsp3) is 0.316. The summed E-state index contributed by atoms with van der Waals surface area (Å²) in [6.45, 7) is 6.98. The monoisotopic (exact) mass is 388 g/mol. The molecule has 0 aliphatic heterocycles. The molecule has 0 fully saturated rings. The van der Waals surface area contributed by atoms with Crippen LogP contribution in [0.15, 0.2) is 28.2 Å². The molecule has 0 amide bonds. The Bertz CT molecular complexity index is 953. The first-order valence-electron chi connectivity index (χ1n) is 8.42. The summed E-state index contributed by atoms with van der Waals surface area (Å²) in [7, 11) is 0. The van der Waals surface area contributed by atoms with E-state index in [1.807, 2.05) is 11.4 Å². The predicted octanol–water partition coefficient (Wildman–Crippen LogP) is 4.27. The lowest BCUT2D eigenvalue weighted by Crippen LogP contribution is -2.13. The number of thiazole rings is 1. The fourth-order valence-corrected chi connectivity index (χ4v) is 3.40. The Balaban J connectivity index is 1.69. The number of nitrogens with one attached hydrogen (secondary N) is 1. The summed E-state index contributed by atoms with van der Waals surface area (Å²) in [5.41, 5.74) is 2.31. The third-order valence-electron chi connectivity index (χ3n) is 3.82. The molecule has 3 aromatic heterocycles. The van der Waals surface area contributed by atoms with E-state index in [9.17, 15) is 9.59 Å². The van der Waals surface area contributed by atoms with Crippen molar-refractivity contribution in [1.82, 2.24) is 9.97 Å². The van der Waals surface area contributed by atoms with Gasteiger partial charge in [0.15, 0.2) is 10.8 Å². The van der Waals surface area contributed by atoms with E-state index in [1.54, 1.807) is 40.0 Å². The van der Waals surface area contributed by atoms with Gasteiger partial charge in [-0.1, -0.05) is 0 Å². The molecule has 0 saturated heterocycles. The molecular formula is C19H20N2O5S. The number of esters is 2. The van der Waals surface area contributed by atoms with Gasteiger partial charge in [0, 0.05) is 11.1 Å². The van der Waals surface area contributed by atoms with Crippen molar-refractivity contribution in [2.75, 3.05) is 0 Å². The Morgan fingerprint density at radius 3 is 2.74 bits per heavy atom. The van der Waals surface area contributed by atoms with Gasteiger partial charge in [-0.05, 0) is 45.4 Å². The van der Waals surface area contributed by atoms with Crippen molar-refractivity contribution in [1.29, 1.82) is 0 Å². The first-order valence-corrected chi connectivity index (χ1v) is 9.30. The van der Waals surface area contributed by atoms with Gasteiger partial charge in [0.05, 0.1) is 23.6 Å². The average molecular weight is 388 g/mol. The number of aromatic nitrogens is 2. The van der Waals surface area contributed by atoms with Gasteiger partial charge in [-0.25, -0.2) is 14.6 Å². The standard InChI is InChI=1S/C19H20N2O5S/c1-10(2)26-18(22)15-11(3)16(20-12(15)4)19(23)25-8-13-9-27-17(21-13)14-6-5-7-24-14/h5-7,9-10,20H,8H2,1-4H3. The molecule has 3 rings (SSSR count). The summed E-state index contributed by atoms with van der Waals surface area (Å²) in [6.07, 6.45) is 1.34. The number of H-pyrrole nitrogens is 1. The van der Waals surface area contributed by atoms with Crippen LogP contribution in [0.1, 0.15) is 51.6 Å². The van der Waals surface area contributed by atoms with Crippen molar-refractivity contribution < 1.29 is 23.5 Å². The van der Waals surface area contributed by atoms with E-state index in [0.717, 1.165) is 5.01 Å². The number of hydrogen-bond acceptors (Lipinski definition) is 7. The van der Waals surface area contributed by atoms with Crippen LogP contribution in [-0.2, 0) is 16.1 Å². The van der Waals surface area contributed by atoms with E-state index in [1.165, 1.54) is 11.3 Å². The molecule has 0 saturated carbocycles. The molecule has 142 valence electrons. The summed E-state index contributed by atoms with van der Waals surface area (Å²) in [5, 5.41) is 2.53. The minimum absolute atomic E-state index is 0.0271. The average Bonchev–Trinajstić information content (AvgIpc) is 3.31. The van der Waals surface area contributed by atoms with Gasteiger partial charge in [0.2, 0.25) is 0 Å². The van der Waals surface area contributed by atoms with Crippen LogP contribution in [0, 0.1) is 13.8 Å². The molecule has 0 radical (unpaired) electrons. The fourth-order valence-electron chi connectivity index (χ4n) is 2.63. The van der Waals surface area contributed by atoms with E-state index in [2.05, 4.69) is 9.97 Å². The van der Waals surface area contributed by atoms with E-state index >= 15 is 0 Å². The third-order valence-corrected chi connectivity index (χ3v) is 4.73. The van der Waals surface area contributed by atoms with E-state index < -0.39 is 11.9 Å². The Morgan fingerprint density at radius 2 is 2.07 bits per heavy atom. The number of hydrogen-bond donors (Lipinski definition) is 1. The Morgan fingerprint density at radius 1 is 1.30 bits per heavy atom. The Labute approximate surface area is 160 Å². The molecule has 0 aliphatic rings. The van der Waals surface area contributed by atoms with Crippen LogP contribution in [0.25, 0.3) is 10.8 Å². The van der Waals surface area contributed by atoms with Crippen molar-refractivity contribution >= 4 is 23.3 Å². The maximum Gasteiger partial charge on any atom is 0.355 e. The maximum atomic E-state index is 12.4. The van der Waals surface area contributed by atoms with Crippen molar-refractivity contribution in [3.8, 4) is 10.8 Å². The third kappa shape index (κ3) is 4.11. The Kier molecular flexibility index (Phi) is 5.46. The molecular weight excluding hydrogens is 368 g/mol. The van der Waals surface area contributed by atoms with Gasteiger partial charge in [0.1, 0.15) is 12.3 Å². The summed E-state index contributed by atoms with van der Waals surface area (Å²) in [4.78, 5) is 32.0. The summed E-state index contributed by atoms with van der Waals surface area (Å²) in [5.74, 6) is -0.341. The molecule has 0 atom stereocenters. The second kappa shape index (κ2) is 7.79. The molecule has 0 aliphatic carbocycles. The van der Waals surface area contributed by atoms with Crippen molar-refractivity contribution in [2.24, 2.45) is 0 Å². The summed E-state index contributed by atoms with van der Waals surface area (Å²) < 4.78 is 15.9. The number of furan rings is 1. The highest BCUT2D eigenvalue weighted by Crippen LogP contribution is 2.25. The minimum atomic E-state index is -0.549. The molecule has 0 spiro atoms. The van der Waals surface area contributed by atoms with Gasteiger partial charge in [-0.3, -0.25) is 0 Å². The van der Waals surface area contributed by atoms with Gasteiger partial charge in [-0.2, -0.15) is 0 Å². The zero-order valence-electron chi connectivity index (χ0n) is 15.5. The van der Waals surface area contributed by atoms with Crippen LogP contribution in [0.3, 0.4) is 0 Å². The number of aryl methyl sites for hydroxylation is 1. The number of rotatable bonds is 6. The largest absolute Gasteiger partial charge is 0.462 e. The number of carbonyl (C=O) groups is 2. The molecule has 8 heteroatoms. The lowest BCUT2D eigenvalue weighted by atomic mass is 10.1. The van der Waals surface area contributed by atoms with Crippen LogP contribution < -0.4 is 0 Å². The van der Waals surface area contributed by atoms with Crippen molar-refractivity contribution in [2.45, 2.75) is 40.4 Å². The van der Waals surface area contributed by atoms with Crippen LogP contribution >= 0.6 is 11.3 Å². The van der Waals surface area contributed by atoms with Crippen LogP contribution in [0.2, 0.25) is 0 Å². The molecule has 27 heavy (non-hydrogen) atoms. The number of aromatic amines is 1. The van der Waals surface area contributed by atoms with E-state index in [-0.39, 0.29) is 18.4 Å². The zero-order chi connectivity index (χ0) is 19.6. The first kappa shape index (κ1) is 18.9. The summed E-state index contributed by atoms with van der Waals surface area (Å²) in [6, 6.07) is 3.60. The topological polar surface area (TPSA) is 94.4 Å². The molecule has 0 bridgehead atoms. The lowest BCUT2D eigenvalue weighted by molar-refractivity contribution is 0.0376. The van der Waals surface area contributed by atoms with Gasteiger partial charge < -0.3 is 18.9 Å². The van der Waals surface area contributed by atoms with Gasteiger partial charge in [-0.15, -0.1) is 11.3 Å². The first-order chi connectivity index (χ1) is 12.9. The highest BCUT2D eigenvalue weighted by atomic mass is 32.1. The van der Waals surface area contributed by atoms with Crippen LogP contribution in [-0.4, -0.2) is 28.0 Å². The lowest BCUT2D eigenvalue weighted by Gasteiger charge is -2.08. The normalized spacial score (nSPS) is 11.0. The smallest absolute Gasteiger partial charge is 0.355 e. The molecule has 3 heterocycles. The molecule has 0 unspecified atom stereocenters. The van der Waals surface area contributed by atoms with Crippen molar-refractivity contribution in [3.05, 3.63) is 52.0 Å². The number of carbonyl (C=O) groups excluding carboxylic acids is 2. The van der Waals surface area contributed by atoms with Crippen molar-refractivity contribution in [3.63, 3.8) is 0 Å². The predicted molar refractivity (Wildman–Crippen MR) is 99.8 cm³/mol. The maximum absolute atomic E-state index is 12.4. The molecule has 3 aromatic rings. The quantitative estimate of drug-likeness (QED) is 0.634. The van der Waals surface area contributed by atoms with Gasteiger partial charge in [0.25, 0.3) is 0 Å². The zero-order valence-corrected chi connectivity index (χ0v) is 16.3. The minimum Gasteiger partial charge on any atom is -0.462 e. The second-order valence-electron chi connectivity index (χ2n) is 6.28. The van der Waals surface area contributed by atoms with Gasteiger partial charge >= 0.3 is 11.9 Å². The Hall–Kier alpha value is -2.87.